The number of likely N-dealkylation sites (N-methyl/N-ethyl adjacent to an activating group) is 1. The van der Waals surface area contributed by atoms with Gasteiger partial charge in [-0.3, -0.25) is 14.5 Å². The van der Waals surface area contributed by atoms with Crippen molar-refractivity contribution in [3.8, 4) is 0 Å². The summed E-state index contributed by atoms with van der Waals surface area (Å²) in [5.74, 6) is -0.739. The highest BCUT2D eigenvalue weighted by molar-refractivity contribution is 8.18. The molecule has 2 aromatic rings. The van der Waals surface area contributed by atoms with E-state index in [1.807, 2.05) is 19.2 Å². The second-order valence-corrected chi connectivity index (χ2v) is 9.73. The number of rotatable bonds is 3. The Morgan fingerprint density at radius 1 is 1.16 bits per heavy atom. The van der Waals surface area contributed by atoms with Gasteiger partial charge < -0.3 is 4.90 Å². The van der Waals surface area contributed by atoms with Gasteiger partial charge in [-0.15, -0.1) is 0 Å². The fraction of sp³-hybridized carbons (Fsp3) is 0.250. The van der Waals surface area contributed by atoms with Gasteiger partial charge in [0.2, 0.25) is 0 Å². The Kier molecular flexibility index (Phi) is 5.48. The molecule has 2 heterocycles. The number of anilines is 1. The van der Waals surface area contributed by atoms with Crippen LogP contribution in [0.1, 0.15) is 37.5 Å². The molecule has 31 heavy (non-hydrogen) atoms. The lowest BCUT2D eigenvalue weighted by Gasteiger charge is -2.40. The van der Waals surface area contributed by atoms with Gasteiger partial charge in [-0.25, -0.2) is 4.39 Å². The molecule has 160 valence electrons. The molecular formula is C24H22ClFN2O2S. The molecular weight excluding hydrogens is 435 g/mol. The van der Waals surface area contributed by atoms with E-state index in [-0.39, 0.29) is 29.0 Å². The zero-order valence-corrected chi connectivity index (χ0v) is 19.3. The van der Waals surface area contributed by atoms with E-state index in [0.29, 0.717) is 21.1 Å². The molecule has 0 aromatic heterocycles. The third-order valence-corrected chi connectivity index (χ3v) is 6.98. The summed E-state index contributed by atoms with van der Waals surface area (Å²) in [6.45, 7) is 6.43. The van der Waals surface area contributed by atoms with Crippen LogP contribution in [0.2, 0.25) is 5.02 Å². The second kappa shape index (κ2) is 7.84. The molecule has 4 nitrogen and oxygen atoms in total. The number of hydrogen-bond donors (Lipinski definition) is 0. The predicted octanol–water partition coefficient (Wildman–Crippen LogP) is 6.35. The van der Waals surface area contributed by atoms with Crippen LogP contribution < -0.4 is 4.90 Å². The molecule has 0 N–H and O–H groups in total. The Bertz CT molecular complexity index is 1150. The van der Waals surface area contributed by atoms with Gasteiger partial charge >= 0.3 is 0 Å². The molecule has 4 rings (SSSR count). The summed E-state index contributed by atoms with van der Waals surface area (Å²) in [5, 5.41) is 0.161. The zero-order chi connectivity index (χ0) is 22.5. The number of benzene rings is 2. The van der Waals surface area contributed by atoms with E-state index in [0.717, 1.165) is 33.5 Å². The molecule has 0 aliphatic carbocycles. The van der Waals surface area contributed by atoms with Crippen LogP contribution in [-0.2, 0) is 11.3 Å². The van der Waals surface area contributed by atoms with Crippen LogP contribution in [-0.4, -0.2) is 28.6 Å². The van der Waals surface area contributed by atoms with Gasteiger partial charge in [0.25, 0.3) is 11.1 Å². The van der Waals surface area contributed by atoms with E-state index in [1.54, 1.807) is 18.2 Å². The first kappa shape index (κ1) is 21.7. The number of allylic oxidation sites excluding steroid dienone is 1. The number of carbonyl (C=O) groups excluding carboxylic acids is 2. The van der Waals surface area contributed by atoms with Crippen LogP contribution >= 0.6 is 23.4 Å². The summed E-state index contributed by atoms with van der Waals surface area (Å²) in [6, 6.07) is 9.62. The number of imide groups is 1. The minimum Gasteiger partial charge on any atom is -0.365 e. The zero-order valence-electron chi connectivity index (χ0n) is 17.7. The summed E-state index contributed by atoms with van der Waals surface area (Å²) in [4.78, 5) is 29.0. The topological polar surface area (TPSA) is 40.6 Å². The summed E-state index contributed by atoms with van der Waals surface area (Å²) in [5.41, 5.74) is 4.44. The van der Waals surface area contributed by atoms with Crippen molar-refractivity contribution >= 4 is 51.8 Å². The van der Waals surface area contributed by atoms with Crippen molar-refractivity contribution in [2.75, 3.05) is 11.9 Å². The predicted molar refractivity (Wildman–Crippen MR) is 125 cm³/mol. The lowest BCUT2D eigenvalue weighted by Crippen LogP contribution is -2.42. The van der Waals surface area contributed by atoms with Crippen LogP contribution in [0, 0.1) is 5.82 Å². The van der Waals surface area contributed by atoms with Crippen molar-refractivity contribution in [1.82, 2.24) is 4.90 Å². The SMILES string of the molecule is CC1=CC(C)(C)N(C)c2cc(Cl)c(/C=C3\SC(=O)N(Cc4ccc(F)cc4)C3=O)cc21. The van der Waals surface area contributed by atoms with Gasteiger partial charge in [-0.05, 0) is 79.6 Å². The van der Waals surface area contributed by atoms with Crippen LogP contribution in [0.15, 0.2) is 47.4 Å². The maximum Gasteiger partial charge on any atom is 0.293 e. The molecule has 0 saturated carbocycles. The average Bonchev–Trinajstić information content (AvgIpc) is 2.96. The third kappa shape index (κ3) is 4.02. The lowest BCUT2D eigenvalue weighted by atomic mass is 9.88. The summed E-state index contributed by atoms with van der Waals surface area (Å²) < 4.78 is 13.1. The fourth-order valence-corrected chi connectivity index (χ4v) is 4.89. The van der Waals surface area contributed by atoms with Gasteiger partial charge in [0.15, 0.2) is 0 Å². The van der Waals surface area contributed by atoms with E-state index in [9.17, 15) is 14.0 Å². The number of fused-ring (bicyclic) bond motifs is 1. The lowest BCUT2D eigenvalue weighted by molar-refractivity contribution is -0.123. The Balaban J connectivity index is 1.65. The molecule has 2 aromatic carbocycles. The van der Waals surface area contributed by atoms with E-state index < -0.39 is 0 Å². The molecule has 0 bridgehead atoms. The molecule has 0 unspecified atom stereocenters. The Morgan fingerprint density at radius 2 is 1.84 bits per heavy atom. The highest BCUT2D eigenvalue weighted by Crippen LogP contribution is 2.42. The maximum absolute atomic E-state index is 13.1. The summed E-state index contributed by atoms with van der Waals surface area (Å²) >= 11 is 7.45. The number of halogens is 2. The molecule has 2 amide bonds. The summed E-state index contributed by atoms with van der Waals surface area (Å²) in [6.07, 6.45) is 3.87. The van der Waals surface area contributed by atoms with E-state index in [4.69, 9.17) is 11.6 Å². The monoisotopic (exact) mass is 456 g/mol. The molecule has 1 fully saturated rings. The minimum atomic E-state index is -0.376. The van der Waals surface area contributed by atoms with E-state index >= 15 is 0 Å². The van der Waals surface area contributed by atoms with Crippen molar-refractivity contribution in [3.63, 3.8) is 0 Å². The maximum atomic E-state index is 13.1. The van der Waals surface area contributed by atoms with Crippen LogP contribution in [0.3, 0.4) is 0 Å². The van der Waals surface area contributed by atoms with Gasteiger partial charge in [-0.1, -0.05) is 29.8 Å². The van der Waals surface area contributed by atoms with Gasteiger partial charge in [-0.2, -0.15) is 0 Å². The first-order chi connectivity index (χ1) is 14.6. The number of thioether (sulfide) groups is 1. The van der Waals surface area contributed by atoms with Crippen LogP contribution in [0.5, 0.6) is 0 Å². The Labute approximate surface area is 190 Å². The normalized spacial score (nSPS) is 19.2. The summed E-state index contributed by atoms with van der Waals surface area (Å²) in [7, 11) is 2.03. The van der Waals surface area contributed by atoms with E-state index in [1.165, 1.54) is 12.1 Å². The molecule has 2 aliphatic heterocycles. The number of amides is 2. The molecule has 0 radical (unpaired) electrons. The molecule has 0 spiro atoms. The second-order valence-electron chi connectivity index (χ2n) is 8.33. The molecule has 1 saturated heterocycles. The Hall–Kier alpha value is -2.57. The standard InChI is InChI=1S/C24H22ClFN2O2S/c1-14-12-24(2,3)27(4)20-11-19(25)16(9-18(14)20)10-21-22(29)28(23(30)31-21)13-15-5-7-17(26)8-6-15/h5-12H,13H2,1-4H3/b21-10-. The number of carbonyl (C=O) groups is 2. The Morgan fingerprint density at radius 3 is 2.52 bits per heavy atom. The average molecular weight is 457 g/mol. The largest absolute Gasteiger partial charge is 0.365 e. The first-order valence-electron chi connectivity index (χ1n) is 9.84. The van der Waals surface area contributed by atoms with Gasteiger partial charge in [0, 0.05) is 23.3 Å². The minimum absolute atomic E-state index is 0.0991. The van der Waals surface area contributed by atoms with Crippen LogP contribution in [0.4, 0.5) is 14.9 Å². The van der Waals surface area contributed by atoms with Crippen molar-refractivity contribution in [1.29, 1.82) is 0 Å². The van der Waals surface area contributed by atoms with Crippen molar-refractivity contribution in [3.05, 3.63) is 74.9 Å². The number of nitrogens with zero attached hydrogens (tertiary/aromatic N) is 2. The van der Waals surface area contributed by atoms with Crippen molar-refractivity contribution in [2.24, 2.45) is 0 Å². The quantitative estimate of drug-likeness (QED) is 0.505. The van der Waals surface area contributed by atoms with Gasteiger partial charge in [0.05, 0.1) is 17.0 Å². The van der Waals surface area contributed by atoms with Crippen molar-refractivity contribution in [2.45, 2.75) is 32.9 Å². The highest BCUT2D eigenvalue weighted by Gasteiger charge is 2.35. The molecule has 2 aliphatic rings. The van der Waals surface area contributed by atoms with E-state index in [2.05, 4.69) is 31.7 Å². The molecule has 0 atom stereocenters. The smallest absolute Gasteiger partial charge is 0.293 e. The highest BCUT2D eigenvalue weighted by atomic mass is 35.5. The van der Waals surface area contributed by atoms with Crippen molar-refractivity contribution < 1.29 is 14.0 Å². The van der Waals surface area contributed by atoms with Gasteiger partial charge in [0.1, 0.15) is 5.82 Å². The molecule has 7 heteroatoms. The third-order valence-electron chi connectivity index (χ3n) is 5.75. The van der Waals surface area contributed by atoms with Crippen LogP contribution in [0.25, 0.3) is 11.6 Å². The number of hydrogen-bond acceptors (Lipinski definition) is 4. The fourth-order valence-electron chi connectivity index (χ4n) is 3.85. The first-order valence-corrected chi connectivity index (χ1v) is 11.0.